The Morgan fingerprint density at radius 1 is 1.15 bits per heavy atom. The van der Waals surface area contributed by atoms with Gasteiger partial charge in [0.05, 0.1) is 0 Å². The van der Waals surface area contributed by atoms with Gasteiger partial charge in [-0.15, -0.1) is 0 Å². The summed E-state index contributed by atoms with van der Waals surface area (Å²) >= 11 is 0. The highest BCUT2D eigenvalue weighted by atomic mass is 15.1. The predicted molar refractivity (Wildman–Crippen MR) is 86.7 cm³/mol. The Bertz CT molecular complexity index is 366. The molecule has 1 aliphatic heterocycles. The number of nitrogens with two attached hydrogens (primary N) is 1. The second-order valence-corrected chi connectivity index (χ2v) is 6.67. The molecule has 1 aromatic rings. The average Bonchev–Trinajstić information content (AvgIpc) is 2.47. The topological polar surface area (TPSA) is 29.3 Å². The molecule has 0 spiro atoms. The number of rotatable bonds is 6. The zero-order chi connectivity index (χ0) is 14.4. The second kappa shape index (κ2) is 7.80. The van der Waals surface area contributed by atoms with Crippen molar-refractivity contribution in [3.63, 3.8) is 0 Å². The number of hydrogen-bond donors (Lipinski definition) is 1. The third-order valence-corrected chi connectivity index (χ3v) is 4.71. The van der Waals surface area contributed by atoms with Crippen LogP contribution in [0.25, 0.3) is 0 Å². The minimum atomic E-state index is 0.358. The summed E-state index contributed by atoms with van der Waals surface area (Å²) in [5.41, 5.74) is 7.63. The van der Waals surface area contributed by atoms with Gasteiger partial charge in [-0.1, -0.05) is 44.2 Å². The third-order valence-electron chi connectivity index (χ3n) is 4.71. The zero-order valence-electron chi connectivity index (χ0n) is 13.1. The summed E-state index contributed by atoms with van der Waals surface area (Å²) in [6.07, 6.45) is 5.07. The van der Waals surface area contributed by atoms with E-state index in [4.69, 9.17) is 5.73 Å². The molecule has 0 saturated carbocycles. The second-order valence-electron chi connectivity index (χ2n) is 6.67. The normalized spacial score (nSPS) is 19.4. The van der Waals surface area contributed by atoms with Crippen LogP contribution in [0.15, 0.2) is 30.3 Å². The smallest absolute Gasteiger partial charge is 0.00740 e. The van der Waals surface area contributed by atoms with Gasteiger partial charge in [-0.05, 0) is 62.7 Å². The van der Waals surface area contributed by atoms with Crippen LogP contribution in [0.2, 0.25) is 0 Å². The lowest BCUT2D eigenvalue weighted by atomic mass is 9.90. The van der Waals surface area contributed by atoms with E-state index in [0.717, 1.165) is 12.3 Å². The average molecular weight is 274 g/mol. The van der Waals surface area contributed by atoms with Crippen LogP contribution < -0.4 is 5.73 Å². The van der Waals surface area contributed by atoms with Gasteiger partial charge in [0, 0.05) is 6.04 Å². The van der Waals surface area contributed by atoms with Gasteiger partial charge < -0.3 is 10.6 Å². The minimum absolute atomic E-state index is 0.358. The van der Waals surface area contributed by atoms with Crippen LogP contribution in [-0.4, -0.2) is 30.6 Å². The van der Waals surface area contributed by atoms with Crippen molar-refractivity contribution in [1.29, 1.82) is 0 Å². The summed E-state index contributed by atoms with van der Waals surface area (Å²) < 4.78 is 0. The van der Waals surface area contributed by atoms with Crippen molar-refractivity contribution in [3.05, 3.63) is 35.9 Å². The number of piperidine rings is 1. The summed E-state index contributed by atoms with van der Waals surface area (Å²) in [6, 6.07) is 11.3. The standard InChI is InChI=1S/C18H30N2/c1-15(2)18(19)10-13-20-11-8-17(9-12-20)14-16-6-4-3-5-7-16/h3-7,15,17-18H,8-14,19H2,1-2H3. The number of nitrogens with zero attached hydrogens (tertiary/aromatic N) is 1. The number of likely N-dealkylation sites (tertiary alicyclic amines) is 1. The van der Waals surface area contributed by atoms with Crippen molar-refractivity contribution in [2.75, 3.05) is 19.6 Å². The van der Waals surface area contributed by atoms with Crippen LogP contribution in [0.4, 0.5) is 0 Å². The monoisotopic (exact) mass is 274 g/mol. The summed E-state index contributed by atoms with van der Waals surface area (Å²) in [5.74, 6) is 1.47. The molecule has 1 aliphatic rings. The lowest BCUT2D eigenvalue weighted by Crippen LogP contribution is -2.38. The van der Waals surface area contributed by atoms with Crippen molar-refractivity contribution in [1.82, 2.24) is 4.90 Å². The molecular weight excluding hydrogens is 244 g/mol. The van der Waals surface area contributed by atoms with Gasteiger partial charge in [-0.2, -0.15) is 0 Å². The lowest BCUT2D eigenvalue weighted by Gasteiger charge is -2.33. The molecule has 112 valence electrons. The SMILES string of the molecule is CC(C)C(N)CCN1CCC(Cc2ccccc2)CC1. The van der Waals surface area contributed by atoms with Crippen LogP contribution in [0.1, 0.15) is 38.7 Å². The maximum atomic E-state index is 6.14. The van der Waals surface area contributed by atoms with Crippen LogP contribution >= 0.6 is 0 Å². The quantitative estimate of drug-likeness (QED) is 0.862. The van der Waals surface area contributed by atoms with Crippen LogP contribution in [-0.2, 0) is 6.42 Å². The highest BCUT2D eigenvalue weighted by Gasteiger charge is 2.20. The van der Waals surface area contributed by atoms with E-state index >= 15 is 0 Å². The molecule has 0 radical (unpaired) electrons. The first-order valence-electron chi connectivity index (χ1n) is 8.17. The molecule has 0 aliphatic carbocycles. The van der Waals surface area contributed by atoms with E-state index in [1.165, 1.54) is 44.5 Å². The molecule has 20 heavy (non-hydrogen) atoms. The van der Waals surface area contributed by atoms with Gasteiger partial charge in [0.15, 0.2) is 0 Å². The first kappa shape index (κ1) is 15.5. The maximum absolute atomic E-state index is 6.14. The molecule has 1 fully saturated rings. The van der Waals surface area contributed by atoms with E-state index in [9.17, 15) is 0 Å². The van der Waals surface area contributed by atoms with Crippen molar-refractivity contribution >= 4 is 0 Å². The van der Waals surface area contributed by atoms with Gasteiger partial charge in [0.25, 0.3) is 0 Å². The Balaban J connectivity index is 1.67. The van der Waals surface area contributed by atoms with Crippen LogP contribution in [0.3, 0.4) is 0 Å². The summed E-state index contributed by atoms with van der Waals surface area (Å²) in [5, 5.41) is 0. The van der Waals surface area contributed by atoms with Crippen molar-refractivity contribution < 1.29 is 0 Å². The Kier molecular flexibility index (Phi) is 6.06. The molecule has 1 aromatic carbocycles. The van der Waals surface area contributed by atoms with E-state index in [1.54, 1.807) is 0 Å². The van der Waals surface area contributed by atoms with Gasteiger partial charge in [0.2, 0.25) is 0 Å². The fourth-order valence-electron chi connectivity index (χ4n) is 3.03. The van der Waals surface area contributed by atoms with E-state index in [-0.39, 0.29) is 0 Å². The summed E-state index contributed by atoms with van der Waals surface area (Å²) in [4.78, 5) is 2.60. The van der Waals surface area contributed by atoms with Gasteiger partial charge >= 0.3 is 0 Å². The first-order valence-corrected chi connectivity index (χ1v) is 8.17. The van der Waals surface area contributed by atoms with Gasteiger partial charge in [-0.3, -0.25) is 0 Å². The first-order chi connectivity index (χ1) is 9.65. The largest absolute Gasteiger partial charge is 0.327 e. The Morgan fingerprint density at radius 3 is 2.40 bits per heavy atom. The third kappa shape index (κ3) is 4.92. The zero-order valence-corrected chi connectivity index (χ0v) is 13.1. The molecule has 2 N–H and O–H groups in total. The molecule has 2 heteroatoms. The van der Waals surface area contributed by atoms with E-state index in [2.05, 4.69) is 49.1 Å². The lowest BCUT2D eigenvalue weighted by molar-refractivity contribution is 0.175. The molecule has 1 heterocycles. The maximum Gasteiger partial charge on any atom is 0.00740 e. The fraction of sp³-hybridized carbons (Fsp3) is 0.667. The molecule has 0 amide bonds. The molecule has 0 aromatic heterocycles. The predicted octanol–water partition coefficient (Wildman–Crippen LogP) is 3.31. The highest BCUT2D eigenvalue weighted by Crippen LogP contribution is 2.22. The Hall–Kier alpha value is -0.860. The van der Waals surface area contributed by atoms with Crippen LogP contribution in [0.5, 0.6) is 0 Å². The van der Waals surface area contributed by atoms with Crippen molar-refractivity contribution in [2.45, 2.75) is 45.6 Å². The fourth-order valence-corrected chi connectivity index (χ4v) is 3.03. The van der Waals surface area contributed by atoms with E-state index in [1.807, 2.05) is 0 Å². The molecule has 1 saturated heterocycles. The minimum Gasteiger partial charge on any atom is -0.327 e. The van der Waals surface area contributed by atoms with E-state index < -0.39 is 0 Å². The molecular formula is C18H30N2. The van der Waals surface area contributed by atoms with E-state index in [0.29, 0.717) is 12.0 Å². The number of hydrogen-bond acceptors (Lipinski definition) is 2. The highest BCUT2D eigenvalue weighted by molar-refractivity contribution is 5.15. The summed E-state index contributed by atoms with van der Waals surface area (Å²) in [7, 11) is 0. The molecule has 0 bridgehead atoms. The Morgan fingerprint density at radius 2 is 1.80 bits per heavy atom. The summed E-state index contributed by atoms with van der Waals surface area (Å²) in [6.45, 7) is 8.12. The van der Waals surface area contributed by atoms with Crippen molar-refractivity contribution in [3.8, 4) is 0 Å². The van der Waals surface area contributed by atoms with Gasteiger partial charge in [0.1, 0.15) is 0 Å². The molecule has 1 unspecified atom stereocenters. The van der Waals surface area contributed by atoms with Crippen molar-refractivity contribution in [2.24, 2.45) is 17.6 Å². The van der Waals surface area contributed by atoms with Crippen LogP contribution in [0, 0.1) is 11.8 Å². The molecule has 1 atom stereocenters. The molecule has 2 nitrogen and oxygen atoms in total. The Labute approximate surface area is 124 Å². The van der Waals surface area contributed by atoms with Gasteiger partial charge in [-0.25, -0.2) is 0 Å². The number of benzene rings is 1. The molecule has 2 rings (SSSR count).